The zero-order chi connectivity index (χ0) is 21.7. The van der Waals surface area contributed by atoms with Gasteiger partial charge in [0, 0.05) is 10.9 Å². The third-order valence-electron chi connectivity index (χ3n) is 5.44. The fourth-order valence-corrected chi connectivity index (χ4v) is 4.70. The number of allylic oxidation sites excluding steroid dienone is 2. The Morgan fingerprint density at radius 3 is 2.40 bits per heavy atom. The van der Waals surface area contributed by atoms with Crippen LogP contribution in [0, 0.1) is 11.8 Å². The lowest BCUT2D eigenvalue weighted by molar-refractivity contribution is -0.146. The number of unbranched alkanes of at least 4 members (excludes halogenated alkanes) is 1. The smallest absolute Gasteiger partial charge is 0.307 e. The minimum Gasteiger partial charge on any atom is -0.481 e. The van der Waals surface area contributed by atoms with Crippen molar-refractivity contribution < 1.29 is 19.5 Å². The number of rotatable bonds is 8. The van der Waals surface area contributed by atoms with Crippen molar-refractivity contribution in [2.45, 2.75) is 39.0 Å². The number of thiophene rings is 1. The van der Waals surface area contributed by atoms with E-state index in [9.17, 15) is 19.5 Å². The summed E-state index contributed by atoms with van der Waals surface area (Å²) >= 11 is 1.22. The van der Waals surface area contributed by atoms with Crippen LogP contribution in [0.5, 0.6) is 0 Å². The molecule has 1 aliphatic carbocycles. The minimum atomic E-state index is -0.996. The number of primary amides is 1. The second-order valence-corrected chi connectivity index (χ2v) is 8.38. The molecule has 3 rings (SSSR count). The number of hydrogen-bond donors (Lipinski definition) is 3. The summed E-state index contributed by atoms with van der Waals surface area (Å²) in [4.78, 5) is 36.5. The predicted molar refractivity (Wildman–Crippen MR) is 119 cm³/mol. The van der Waals surface area contributed by atoms with Crippen molar-refractivity contribution in [2.75, 3.05) is 5.32 Å². The third-order valence-corrected chi connectivity index (χ3v) is 6.34. The first-order valence-corrected chi connectivity index (χ1v) is 11.0. The number of aryl methyl sites for hydroxylation is 1. The fourth-order valence-electron chi connectivity index (χ4n) is 3.72. The molecule has 1 aliphatic rings. The summed E-state index contributed by atoms with van der Waals surface area (Å²) in [6.45, 7) is 2.15. The molecule has 1 aromatic heterocycles. The van der Waals surface area contributed by atoms with Gasteiger partial charge in [-0.1, -0.05) is 49.8 Å². The number of carboxylic acids is 1. The summed E-state index contributed by atoms with van der Waals surface area (Å²) in [7, 11) is 0. The minimum absolute atomic E-state index is 0.257. The number of nitrogens with one attached hydrogen (secondary N) is 1. The highest BCUT2D eigenvalue weighted by atomic mass is 32.1. The molecular formula is C23H26N2O4S. The van der Waals surface area contributed by atoms with Gasteiger partial charge in [-0.15, -0.1) is 11.3 Å². The average Bonchev–Trinajstić information content (AvgIpc) is 3.16. The summed E-state index contributed by atoms with van der Waals surface area (Å²) in [6.07, 6.45) is 7.52. The lowest BCUT2D eigenvalue weighted by Gasteiger charge is -2.24. The van der Waals surface area contributed by atoms with Gasteiger partial charge in [-0.3, -0.25) is 14.4 Å². The summed E-state index contributed by atoms with van der Waals surface area (Å²) in [5.74, 6) is -3.49. The number of carbonyl (C=O) groups excluding carboxylic acids is 2. The molecule has 7 heteroatoms. The number of nitrogens with two attached hydrogens (primary N) is 1. The molecule has 2 atom stereocenters. The SMILES string of the molecule is CCCCc1ccc(-c2csc(NC(=O)[C@H]3CC=CC[C@H]3C(=O)O)c2C(N)=O)cc1. The lowest BCUT2D eigenvalue weighted by Crippen LogP contribution is -2.35. The van der Waals surface area contributed by atoms with Crippen molar-refractivity contribution in [3.63, 3.8) is 0 Å². The van der Waals surface area contributed by atoms with Crippen molar-refractivity contribution in [1.29, 1.82) is 0 Å². The highest BCUT2D eigenvalue weighted by Crippen LogP contribution is 2.37. The van der Waals surface area contributed by atoms with Crippen LogP contribution in [-0.2, 0) is 16.0 Å². The zero-order valence-electron chi connectivity index (χ0n) is 16.9. The molecule has 30 heavy (non-hydrogen) atoms. The zero-order valence-corrected chi connectivity index (χ0v) is 17.7. The van der Waals surface area contributed by atoms with Gasteiger partial charge in [0.15, 0.2) is 0 Å². The van der Waals surface area contributed by atoms with Gasteiger partial charge in [-0.2, -0.15) is 0 Å². The maximum Gasteiger partial charge on any atom is 0.307 e. The first-order chi connectivity index (χ1) is 14.4. The van der Waals surface area contributed by atoms with Crippen molar-refractivity contribution in [2.24, 2.45) is 17.6 Å². The van der Waals surface area contributed by atoms with E-state index in [4.69, 9.17) is 5.73 Å². The van der Waals surface area contributed by atoms with E-state index >= 15 is 0 Å². The normalized spacial score (nSPS) is 18.2. The Kier molecular flexibility index (Phi) is 7.05. The van der Waals surface area contributed by atoms with E-state index in [2.05, 4.69) is 12.2 Å². The first-order valence-electron chi connectivity index (χ1n) is 10.1. The van der Waals surface area contributed by atoms with Gasteiger partial charge in [0.2, 0.25) is 5.91 Å². The molecule has 4 N–H and O–H groups in total. The van der Waals surface area contributed by atoms with E-state index in [1.165, 1.54) is 16.9 Å². The molecule has 1 aromatic carbocycles. The van der Waals surface area contributed by atoms with Gasteiger partial charge in [-0.05, 0) is 36.8 Å². The number of carbonyl (C=O) groups is 3. The number of aliphatic carboxylic acids is 1. The van der Waals surface area contributed by atoms with Crippen molar-refractivity contribution >= 4 is 34.1 Å². The fraction of sp³-hybridized carbons (Fsp3) is 0.348. The van der Waals surface area contributed by atoms with Gasteiger partial charge in [0.1, 0.15) is 5.00 Å². The molecular weight excluding hydrogens is 400 g/mol. The molecule has 0 saturated carbocycles. The molecule has 0 spiro atoms. The molecule has 0 unspecified atom stereocenters. The van der Waals surface area contributed by atoms with Gasteiger partial charge >= 0.3 is 5.97 Å². The van der Waals surface area contributed by atoms with Crippen molar-refractivity contribution in [3.8, 4) is 11.1 Å². The van der Waals surface area contributed by atoms with Crippen LogP contribution in [0.25, 0.3) is 11.1 Å². The summed E-state index contributed by atoms with van der Waals surface area (Å²) in [5, 5.41) is 14.3. The van der Waals surface area contributed by atoms with Gasteiger partial charge in [0.25, 0.3) is 5.91 Å². The van der Waals surface area contributed by atoms with Crippen LogP contribution in [0.4, 0.5) is 5.00 Å². The number of amides is 2. The van der Waals surface area contributed by atoms with Crippen LogP contribution in [0.1, 0.15) is 48.5 Å². The first kappa shape index (κ1) is 21.8. The molecule has 0 radical (unpaired) electrons. The highest BCUT2D eigenvalue weighted by Gasteiger charge is 2.34. The van der Waals surface area contributed by atoms with Crippen LogP contribution in [0.15, 0.2) is 41.8 Å². The molecule has 0 aliphatic heterocycles. The van der Waals surface area contributed by atoms with Crippen LogP contribution >= 0.6 is 11.3 Å². The second-order valence-electron chi connectivity index (χ2n) is 7.50. The van der Waals surface area contributed by atoms with Gasteiger partial charge in [-0.25, -0.2) is 0 Å². The number of hydrogen-bond acceptors (Lipinski definition) is 4. The second kappa shape index (κ2) is 9.71. The van der Waals surface area contributed by atoms with E-state index in [-0.39, 0.29) is 5.56 Å². The third kappa shape index (κ3) is 4.79. The summed E-state index contributed by atoms with van der Waals surface area (Å²) in [6, 6.07) is 7.99. The Hall–Kier alpha value is -2.93. The van der Waals surface area contributed by atoms with Crippen LogP contribution in [0.3, 0.4) is 0 Å². The number of benzene rings is 1. The Morgan fingerprint density at radius 1 is 1.13 bits per heavy atom. The van der Waals surface area contributed by atoms with Crippen molar-refractivity contribution in [1.82, 2.24) is 0 Å². The van der Waals surface area contributed by atoms with E-state index in [0.29, 0.717) is 23.4 Å². The average molecular weight is 427 g/mol. The molecule has 2 amide bonds. The Labute approximate surface area is 179 Å². The number of carboxylic acid groups (broad SMARTS) is 1. The van der Waals surface area contributed by atoms with E-state index in [1.807, 2.05) is 30.3 Å². The van der Waals surface area contributed by atoms with E-state index in [0.717, 1.165) is 24.8 Å². The molecule has 2 aromatic rings. The standard InChI is InChI=1S/C23H26N2O4S/c1-2-3-6-14-9-11-15(12-10-14)18-13-30-22(19(18)20(24)26)25-21(27)16-7-4-5-8-17(16)23(28)29/h4-5,9-13,16-17H,2-3,6-8H2,1H3,(H2,24,26)(H,25,27)(H,28,29)/t16-,17+/m0/s1. The quantitative estimate of drug-likeness (QED) is 0.541. The largest absolute Gasteiger partial charge is 0.481 e. The van der Waals surface area contributed by atoms with E-state index < -0.39 is 29.6 Å². The monoisotopic (exact) mass is 426 g/mol. The van der Waals surface area contributed by atoms with Crippen molar-refractivity contribution in [3.05, 3.63) is 52.9 Å². The number of anilines is 1. The Balaban J connectivity index is 1.84. The molecule has 6 nitrogen and oxygen atoms in total. The van der Waals surface area contributed by atoms with Crippen LogP contribution < -0.4 is 11.1 Å². The molecule has 0 fully saturated rings. The topological polar surface area (TPSA) is 109 Å². The predicted octanol–water partition coefficient (Wildman–Crippen LogP) is 4.46. The Morgan fingerprint density at radius 2 is 1.80 bits per heavy atom. The maximum atomic E-state index is 12.8. The molecule has 158 valence electrons. The van der Waals surface area contributed by atoms with Crippen LogP contribution in [0.2, 0.25) is 0 Å². The lowest BCUT2D eigenvalue weighted by atomic mass is 9.82. The summed E-state index contributed by atoms with van der Waals surface area (Å²) in [5.41, 5.74) is 8.64. The Bertz CT molecular complexity index is 962. The van der Waals surface area contributed by atoms with Gasteiger partial charge in [0.05, 0.1) is 17.4 Å². The van der Waals surface area contributed by atoms with E-state index in [1.54, 1.807) is 11.5 Å². The maximum absolute atomic E-state index is 12.8. The molecule has 1 heterocycles. The van der Waals surface area contributed by atoms with Gasteiger partial charge < -0.3 is 16.2 Å². The molecule has 0 bridgehead atoms. The summed E-state index contributed by atoms with van der Waals surface area (Å²) < 4.78 is 0. The molecule has 0 saturated heterocycles. The van der Waals surface area contributed by atoms with Crippen LogP contribution in [-0.4, -0.2) is 22.9 Å². The highest BCUT2D eigenvalue weighted by molar-refractivity contribution is 7.15.